The molecule has 30 heavy (non-hydrogen) atoms. The molecular weight excluding hydrogens is 468 g/mol. The first-order chi connectivity index (χ1) is 14.7. The Kier molecular flexibility index (Phi) is 3.87. The summed E-state index contributed by atoms with van der Waals surface area (Å²) in [4.78, 5) is 17.8. The minimum Gasteiger partial charge on any atom is -0.422 e. The summed E-state index contributed by atoms with van der Waals surface area (Å²) in [6.45, 7) is 0. The molecular formula is C21H11BrN4O3S. The molecule has 0 aliphatic heterocycles. The van der Waals surface area contributed by atoms with Gasteiger partial charge in [-0.2, -0.15) is 9.61 Å². The second-order valence-electron chi connectivity index (χ2n) is 6.73. The lowest BCUT2D eigenvalue weighted by Gasteiger charge is -2.00. The Morgan fingerprint density at radius 3 is 2.73 bits per heavy atom. The molecule has 6 aromatic rings. The lowest BCUT2D eigenvalue weighted by atomic mass is 10.1. The van der Waals surface area contributed by atoms with Gasteiger partial charge in [-0.15, -0.1) is 0 Å². The number of halogens is 1. The highest BCUT2D eigenvalue weighted by molar-refractivity contribution is 9.10. The molecule has 6 rings (SSSR count). The second kappa shape index (κ2) is 6.61. The van der Waals surface area contributed by atoms with Crippen molar-refractivity contribution in [2.75, 3.05) is 0 Å². The highest BCUT2D eigenvalue weighted by Gasteiger charge is 2.20. The molecule has 0 aliphatic rings. The van der Waals surface area contributed by atoms with Gasteiger partial charge < -0.3 is 8.94 Å². The van der Waals surface area contributed by atoms with Crippen molar-refractivity contribution in [2.24, 2.45) is 0 Å². The first kappa shape index (κ1) is 17.5. The maximum Gasteiger partial charge on any atom is 0.345 e. The van der Waals surface area contributed by atoms with Crippen molar-refractivity contribution < 1.29 is 8.94 Å². The Balaban J connectivity index is 1.42. The van der Waals surface area contributed by atoms with Gasteiger partial charge in [0, 0.05) is 17.2 Å². The van der Waals surface area contributed by atoms with Crippen molar-refractivity contribution in [1.82, 2.24) is 19.8 Å². The van der Waals surface area contributed by atoms with E-state index in [9.17, 15) is 4.79 Å². The summed E-state index contributed by atoms with van der Waals surface area (Å²) in [6, 6.07) is 16.9. The van der Waals surface area contributed by atoms with Gasteiger partial charge in [0.2, 0.25) is 4.96 Å². The quantitative estimate of drug-likeness (QED) is 0.330. The number of aromatic nitrogens is 4. The molecule has 2 aromatic carbocycles. The van der Waals surface area contributed by atoms with Crippen LogP contribution in [0.1, 0.15) is 10.7 Å². The summed E-state index contributed by atoms with van der Waals surface area (Å²) in [6.07, 6.45) is 0.533. The summed E-state index contributed by atoms with van der Waals surface area (Å²) < 4.78 is 13.1. The van der Waals surface area contributed by atoms with Gasteiger partial charge in [-0.1, -0.05) is 46.8 Å². The van der Waals surface area contributed by atoms with E-state index in [4.69, 9.17) is 8.94 Å². The van der Waals surface area contributed by atoms with Crippen LogP contribution >= 0.6 is 27.3 Å². The highest BCUT2D eigenvalue weighted by Crippen LogP contribution is 2.31. The molecule has 0 fully saturated rings. The fraction of sp³-hybridized carbons (Fsp3) is 0.0476. The average Bonchev–Trinajstić information content (AvgIpc) is 3.43. The monoisotopic (exact) mass is 478 g/mol. The van der Waals surface area contributed by atoms with Crippen LogP contribution < -0.4 is 5.63 Å². The van der Waals surface area contributed by atoms with E-state index in [1.54, 1.807) is 16.6 Å². The van der Waals surface area contributed by atoms with Crippen LogP contribution in [0.4, 0.5) is 0 Å². The predicted molar refractivity (Wildman–Crippen MR) is 117 cm³/mol. The standard InChI is InChI=1S/C21H11BrN4O3S/c22-19-18(13-9-11-5-1-3-7-15(11)28-20(13)27)23-21-26(19)24-17(30-21)10-14-12-6-2-4-8-16(12)29-25-14/h1-9H,10H2. The molecule has 0 amide bonds. The van der Waals surface area contributed by atoms with Crippen LogP contribution in [0.25, 0.3) is 38.2 Å². The molecule has 0 radical (unpaired) electrons. The predicted octanol–water partition coefficient (Wildman–Crippen LogP) is 5.06. The first-order valence-electron chi connectivity index (χ1n) is 9.08. The van der Waals surface area contributed by atoms with Crippen LogP contribution in [0, 0.1) is 0 Å². The summed E-state index contributed by atoms with van der Waals surface area (Å²) in [5.74, 6) is 0. The normalized spacial score (nSPS) is 11.8. The molecule has 146 valence electrons. The molecule has 0 saturated carbocycles. The van der Waals surface area contributed by atoms with Crippen molar-refractivity contribution in [3.05, 3.63) is 80.3 Å². The van der Waals surface area contributed by atoms with E-state index < -0.39 is 5.63 Å². The van der Waals surface area contributed by atoms with E-state index in [2.05, 4.69) is 31.2 Å². The van der Waals surface area contributed by atoms with Gasteiger partial charge >= 0.3 is 5.63 Å². The van der Waals surface area contributed by atoms with E-state index in [-0.39, 0.29) is 0 Å². The average molecular weight is 479 g/mol. The zero-order valence-electron chi connectivity index (χ0n) is 15.2. The molecule has 0 bridgehead atoms. The SMILES string of the molecule is O=c1oc2ccccc2cc1-c1nc2sc(Cc3noc4ccccc34)nn2c1Br. The third kappa shape index (κ3) is 2.70. The van der Waals surface area contributed by atoms with Gasteiger partial charge in [0.25, 0.3) is 0 Å². The van der Waals surface area contributed by atoms with Crippen LogP contribution in [-0.2, 0) is 6.42 Å². The number of imidazole rings is 1. The molecule has 0 aliphatic carbocycles. The minimum atomic E-state index is -0.436. The van der Waals surface area contributed by atoms with Crippen molar-refractivity contribution in [3.8, 4) is 11.3 Å². The van der Waals surface area contributed by atoms with E-state index in [0.717, 1.165) is 27.1 Å². The maximum absolute atomic E-state index is 12.5. The minimum absolute atomic E-state index is 0.391. The number of para-hydroxylation sites is 2. The Morgan fingerprint density at radius 2 is 1.87 bits per heavy atom. The number of benzene rings is 2. The lowest BCUT2D eigenvalue weighted by Crippen LogP contribution is -2.03. The van der Waals surface area contributed by atoms with Gasteiger partial charge in [-0.25, -0.2) is 9.78 Å². The van der Waals surface area contributed by atoms with E-state index in [1.807, 2.05) is 42.5 Å². The molecule has 4 aromatic heterocycles. The Morgan fingerprint density at radius 1 is 1.07 bits per heavy atom. The number of nitrogens with zero attached hydrogens (tertiary/aromatic N) is 4. The van der Waals surface area contributed by atoms with Crippen LogP contribution in [0.15, 0.2) is 72.9 Å². The van der Waals surface area contributed by atoms with Crippen LogP contribution in [-0.4, -0.2) is 19.8 Å². The highest BCUT2D eigenvalue weighted by atomic mass is 79.9. The molecule has 0 spiro atoms. The fourth-order valence-corrected chi connectivity index (χ4v) is 5.01. The van der Waals surface area contributed by atoms with E-state index in [1.165, 1.54) is 11.3 Å². The summed E-state index contributed by atoms with van der Waals surface area (Å²) in [5.41, 5.74) is 2.58. The third-order valence-corrected chi connectivity index (χ3v) is 6.48. The topological polar surface area (TPSA) is 86.4 Å². The van der Waals surface area contributed by atoms with Crippen molar-refractivity contribution in [2.45, 2.75) is 6.42 Å². The van der Waals surface area contributed by atoms with Crippen LogP contribution in [0.5, 0.6) is 0 Å². The zero-order chi connectivity index (χ0) is 20.2. The number of rotatable bonds is 3. The van der Waals surface area contributed by atoms with Gasteiger partial charge in [0.15, 0.2) is 5.58 Å². The van der Waals surface area contributed by atoms with Gasteiger partial charge in [0.05, 0.1) is 11.3 Å². The zero-order valence-corrected chi connectivity index (χ0v) is 17.6. The summed E-state index contributed by atoms with van der Waals surface area (Å²) in [5, 5.41) is 11.5. The van der Waals surface area contributed by atoms with Crippen molar-refractivity contribution in [3.63, 3.8) is 0 Å². The van der Waals surface area contributed by atoms with E-state index >= 15 is 0 Å². The molecule has 7 nitrogen and oxygen atoms in total. The van der Waals surface area contributed by atoms with E-state index in [0.29, 0.717) is 32.8 Å². The summed E-state index contributed by atoms with van der Waals surface area (Å²) >= 11 is 4.99. The molecule has 4 heterocycles. The largest absolute Gasteiger partial charge is 0.422 e. The number of hydrogen-bond acceptors (Lipinski definition) is 7. The smallest absolute Gasteiger partial charge is 0.345 e. The molecule has 0 unspecified atom stereocenters. The molecule has 9 heteroatoms. The Bertz CT molecular complexity index is 1630. The molecule has 0 atom stereocenters. The molecule has 0 N–H and O–H groups in total. The van der Waals surface area contributed by atoms with Gasteiger partial charge in [-0.05, 0) is 40.2 Å². The third-order valence-electron chi connectivity index (χ3n) is 4.86. The van der Waals surface area contributed by atoms with Crippen molar-refractivity contribution >= 4 is 54.2 Å². The van der Waals surface area contributed by atoms with Gasteiger partial charge in [-0.3, -0.25) is 0 Å². The summed E-state index contributed by atoms with van der Waals surface area (Å²) in [7, 11) is 0. The first-order valence-corrected chi connectivity index (χ1v) is 10.7. The maximum atomic E-state index is 12.5. The fourth-order valence-electron chi connectivity index (χ4n) is 3.44. The number of fused-ring (bicyclic) bond motifs is 3. The Labute approximate surface area is 180 Å². The second-order valence-corrected chi connectivity index (χ2v) is 8.52. The van der Waals surface area contributed by atoms with Gasteiger partial charge in [0.1, 0.15) is 20.9 Å². The Hall–Kier alpha value is -3.30. The van der Waals surface area contributed by atoms with Crippen molar-refractivity contribution in [1.29, 1.82) is 0 Å². The van der Waals surface area contributed by atoms with Crippen LogP contribution in [0.2, 0.25) is 0 Å². The molecule has 0 saturated heterocycles. The van der Waals surface area contributed by atoms with Crippen LogP contribution in [0.3, 0.4) is 0 Å². The lowest BCUT2D eigenvalue weighted by molar-refractivity contribution is 0.448. The number of hydrogen-bond donors (Lipinski definition) is 0.